The number of benzene rings is 1. The van der Waals surface area contributed by atoms with Crippen molar-refractivity contribution in [3.8, 4) is 0 Å². The van der Waals surface area contributed by atoms with Gasteiger partial charge in [0, 0.05) is 16.6 Å². The van der Waals surface area contributed by atoms with Gasteiger partial charge in [0.2, 0.25) is 5.91 Å². The van der Waals surface area contributed by atoms with E-state index in [1.807, 2.05) is 0 Å². The van der Waals surface area contributed by atoms with Crippen molar-refractivity contribution in [3.05, 3.63) is 44.3 Å². The van der Waals surface area contributed by atoms with E-state index in [0.717, 1.165) is 5.56 Å². The zero-order valence-corrected chi connectivity index (χ0v) is 13.1. The molecule has 2 heterocycles. The van der Waals surface area contributed by atoms with Crippen LogP contribution in [0.5, 0.6) is 0 Å². The van der Waals surface area contributed by atoms with Crippen molar-refractivity contribution in [2.45, 2.75) is 12.8 Å². The number of rotatable bonds is 2. The Labute approximate surface area is 132 Å². The third-order valence-corrected chi connectivity index (χ3v) is 5.00. The SMILES string of the molecule is O=C1CCc2cc(F)c(NC(=O)c3sccc3Br)cc2N1. The van der Waals surface area contributed by atoms with Crippen LogP contribution in [0.4, 0.5) is 15.8 Å². The highest BCUT2D eigenvalue weighted by atomic mass is 79.9. The van der Waals surface area contributed by atoms with Gasteiger partial charge in [-0.3, -0.25) is 9.59 Å². The molecule has 108 valence electrons. The molecule has 2 amide bonds. The van der Waals surface area contributed by atoms with E-state index in [9.17, 15) is 14.0 Å². The normalized spacial score (nSPS) is 13.5. The quantitative estimate of drug-likeness (QED) is 0.846. The monoisotopic (exact) mass is 368 g/mol. The summed E-state index contributed by atoms with van der Waals surface area (Å²) in [5.41, 5.74) is 1.34. The summed E-state index contributed by atoms with van der Waals surface area (Å²) in [4.78, 5) is 23.9. The van der Waals surface area contributed by atoms with Crippen LogP contribution in [0.3, 0.4) is 0 Å². The molecule has 4 nitrogen and oxygen atoms in total. The van der Waals surface area contributed by atoms with Crippen molar-refractivity contribution >= 4 is 50.5 Å². The molecule has 1 aliphatic rings. The Morgan fingerprint density at radius 2 is 2.19 bits per heavy atom. The third kappa shape index (κ3) is 2.84. The van der Waals surface area contributed by atoms with E-state index in [0.29, 0.717) is 27.9 Å². The molecular weight excluding hydrogens is 359 g/mol. The summed E-state index contributed by atoms with van der Waals surface area (Å²) in [6.45, 7) is 0. The number of aryl methyl sites for hydroxylation is 1. The molecule has 0 fully saturated rings. The van der Waals surface area contributed by atoms with Crippen LogP contribution in [-0.4, -0.2) is 11.8 Å². The first-order valence-electron chi connectivity index (χ1n) is 6.21. The zero-order valence-electron chi connectivity index (χ0n) is 10.7. The molecule has 2 N–H and O–H groups in total. The lowest BCUT2D eigenvalue weighted by atomic mass is 10.0. The molecule has 0 atom stereocenters. The molecular formula is C14H10BrFN2O2S. The number of amides is 2. The Bertz CT molecular complexity index is 745. The van der Waals surface area contributed by atoms with Crippen LogP contribution in [0, 0.1) is 5.82 Å². The van der Waals surface area contributed by atoms with Gasteiger partial charge < -0.3 is 10.6 Å². The molecule has 1 aromatic heterocycles. The molecule has 3 rings (SSSR count). The van der Waals surface area contributed by atoms with Gasteiger partial charge in [-0.25, -0.2) is 4.39 Å². The summed E-state index contributed by atoms with van der Waals surface area (Å²) < 4.78 is 14.7. The highest BCUT2D eigenvalue weighted by molar-refractivity contribution is 9.10. The second kappa shape index (κ2) is 5.57. The van der Waals surface area contributed by atoms with Crippen molar-refractivity contribution in [1.82, 2.24) is 0 Å². The highest BCUT2D eigenvalue weighted by Gasteiger charge is 2.19. The smallest absolute Gasteiger partial charge is 0.266 e. The molecule has 0 unspecified atom stereocenters. The molecule has 0 aliphatic carbocycles. The molecule has 21 heavy (non-hydrogen) atoms. The molecule has 0 spiro atoms. The van der Waals surface area contributed by atoms with Gasteiger partial charge in [0.25, 0.3) is 5.91 Å². The van der Waals surface area contributed by atoms with Gasteiger partial charge in [-0.2, -0.15) is 0 Å². The number of thiophene rings is 1. The first-order valence-corrected chi connectivity index (χ1v) is 7.88. The highest BCUT2D eigenvalue weighted by Crippen LogP contribution is 2.30. The standard InChI is InChI=1S/C14H10BrFN2O2S/c15-8-3-4-21-13(8)14(20)18-11-6-10-7(5-9(11)16)1-2-12(19)17-10/h3-6H,1-2H2,(H,17,19)(H,18,20). The Morgan fingerprint density at radius 1 is 1.38 bits per heavy atom. The molecule has 1 aromatic carbocycles. The number of carbonyl (C=O) groups excluding carboxylic acids is 2. The zero-order chi connectivity index (χ0) is 15.0. The fourth-order valence-corrected chi connectivity index (χ4v) is 3.58. The number of hydrogen-bond acceptors (Lipinski definition) is 3. The molecule has 0 bridgehead atoms. The average Bonchev–Trinajstić information content (AvgIpc) is 2.86. The van der Waals surface area contributed by atoms with Crippen LogP contribution in [0.1, 0.15) is 21.7 Å². The second-order valence-electron chi connectivity index (χ2n) is 4.59. The first kappa shape index (κ1) is 14.2. The van der Waals surface area contributed by atoms with Crippen LogP contribution in [0.15, 0.2) is 28.1 Å². The van der Waals surface area contributed by atoms with Crippen LogP contribution < -0.4 is 10.6 Å². The minimum atomic E-state index is -0.508. The van der Waals surface area contributed by atoms with E-state index in [1.54, 1.807) is 11.4 Å². The summed E-state index contributed by atoms with van der Waals surface area (Å²) in [6.07, 6.45) is 0.850. The number of nitrogens with one attached hydrogen (secondary N) is 2. The van der Waals surface area contributed by atoms with Gasteiger partial charge in [-0.1, -0.05) is 0 Å². The second-order valence-corrected chi connectivity index (χ2v) is 6.36. The van der Waals surface area contributed by atoms with Crippen molar-refractivity contribution in [3.63, 3.8) is 0 Å². The lowest BCUT2D eigenvalue weighted by molar-refractivity contribution is -0.116. The lowest BCUT2D eigenvalue weighted by Gasteiger charge is -2.18. The van der Waals surface area contributed by atoms with Crippen molar-refractivity contribution in [2.24, 2.45) is 0 Å². The molecule has 0 saturated carbocycles. The Kier molecular flexibility index (Phi) is 3.77. The van der Waals surface area contributed by atoms with E-state index in [4.69, 9.17) is 0 Å². The Morgan fingerprint density at radius 3 is 2.90 bits per heavy atom. The minimum absolute atomic E-state index is 0.0567. The van der Waals surface area contributed by atoms with E-state index in [2.05, 4.69) is 26.6 Å². The van der Waals surface area contributed by atoms with E-state index >= 15 is 0 Å². The number of hydrogen-bond donors (Lipinski definition) is 2. The fraction of sp³-hybridized carbons (Fsp3) is 0.143. The topological polar surface area (TPSA) is 58.2 Å². The molecule has 0 radical (unpaired) electrons. The number of fused-ring (bicyclic) bond motifs is 1. The van der Waals surface area contributed by atoms with Gasteiger partial charge in [-0.15, -0.1) is 11.3 Å². The average molecular weight is 369 g/mol. The maximum absolute atomic E-state index is 14.0. The Hall–Kier alpha value is -1.73. The number of carbonyl (C=O) groups is 2. The predicted octanol–water partition coefficient (Wildman–Crippen LogP) is 3.79. The number of halogens is 2. The summed E-state index contributed by atoms with van der Waals surface area (Å²) in [7, 11) is 0. The molecule has 7 heteroatoms. The fourth-order valence-electron chi connectivity index (χ4n) is 2.13. The predicted molar refractivity (Wildman–Crippen MR) is 83.3 cm³/mol. The first-order chi connectivity index (χ1) is 10.0. The van der Waals surface area contributed by atoms with Gasteiger partial charge in [0.15, 0.2) is 0 Å². The van der Waals surface area contributed by atoms with Crippen molar-refractivity contribution in [1.29, 1.82) is 0 Å². The maximum Gasteiger partial charge on any atom is 0.266 e. The van der Waals surface area contributed by atoms with E-state index in [1.165, 1.54) is 23.5 Å². The Balaban J connectivity index is 1.89. The largest absolute Gasteiger partial charge is 0.326 e. The maximum atomic E-state index is 14.0. The van der Waals surface area contributed by atoms with Gasteiger partial charge >= 0.3 is 0 Å². The third-order valence-electron chi connectivity index (χ3n) is 3.16. The van der Waals surface area contributed by atoms with E-state index < -0.39 is 11.7 Å². The molecule has 0 saturated heterocycles. The molecule has 1 aliphatic heterocycles. The summed E-state index contributed by atoms with van der Waals surface area (Å²) in [5, 5.41) is 6.98. The van der Waals surface area contributed by atoms with Crippen LogP contribution in [0.2, 0.25) is 0 Å². The van der Waals surface area contributed by atoms with E-state index in [-0.39, 0.29) is 11.6 Å². The summed E-state index contributed by atoms with van der Waals surface area (Å²) >= 11 is 4.53. The number of anilines is 2. The minimum Gasteiger partial charge on any atom is -0.326 e. The van der Waals surface area contributed by atoms with Crippen molar-refractivity contribution < 1.29 is 14.0 Å². The van der Waals surface area contributed by atoms with Crippen molar-refractivity contribution in [2.75, 3.05) is 10.6 Å². The van der Waals surface area contributed by atoms with Crippen LogP contribution >= 0.6 is 27.3 Å². The van der Waals surface area contributed by atoms with Crippen LogP contribution in [-0.2, 0) is 11.2 Å². The summed E-state index contributed by atoms with van der Waals surface area (Å²) in [5.74, 6) is -1.00. The van der Waals surface area contributed by atoms with Gasteiger partial charge in [0.05, 0.1) is 5.69 Å². The molecule has 2 aromatic rings. The summed E-state index contributed by atoms with van der Waals surface area (Å²) in [6, 6.07) is 4.57. The lowest BCUT2D eigenvalue weighted by Crippen LogP contribution is -2.20. The van der Waals surface area contributed by atoms with Gasteiger partial charge in [0.1, 0.15) is 10.7 Å². The van der Waals surface area contributed by atoms with Gasteiger partial charge in [-0.05, 0) is 51.5 Å². The van der Waals surface area contributed by atoms with Crippen LogP contribution in [0.25, 0.3) is 0 Å².